The van der Waals surface area contributed by atoms with Gasteiger partial charge in [0, 0.05) is 18.1 Å². The van der Waals surface area contributed by atoms with Gasteiger partial charge in [0.25, 0.3) is 0 Å². The summed E-state index contributed by atoms with van der Waals surface area (Å²) in [6, 6.07) is 8.25. The van der Waals surface area contributed by atoms with Crippen molar-refractivity contribution in [3.63, 3.8) is 0 Å². The fourth-order valence-electron chi connectivity index (χ4n) is 1.81. The average Bonchev–Trinajstić information content (AvgIpc) is 3.11. The summed E-state index contributed by atoms with van der Waals surface area (Å²) in [6.07, 6.45) is 6.82. The maximum absolute atomic E-state index is 4.16. The molecule has 6 nitrogen and oxygen atoms in total. The van der Waals surface area contributed by atoms with Gasteiger partial charge in [-0.1, -0.05) is 12.1 Å². The molecular formula is C13H14N6. The van der Waals surface area contributed by atoms with Gasteiger partial charge < -0.3 is 10.3 Å². The van der Waals surface area contributed by atoms with E-state index in [0.717, 1.165) is 18.1 Å². The van der Waals surface area contributed by atoms with Gasteiger partial charge in [0.2, 0.25) is 0 Å². The number of benzene rings is 1. The van der Waals surface area contributed by atoms with E-state index in [0.29, 0.717) is 6.54 Å². The van der Waals surface area contributed by atoms with Crippen molar-refractivity contribution in [2.75, 3.05) is 5.32 Å². The molecule has 0 unspecified atom stereocenters. The second kappa shape index (κ2) is 5.34. The van der Waals surface area contributed by atoms with Gasteiger partial charge in [0.05, 0.1) is 13.1 Å². The predicted octanol–water partition coefficient (Wildman–Crippen LogP) is 1.66. The van der Waals surface area contributed by atoms with Gasteiger partial charge >= 0.3 is 0 Å². The van der Waals surface area contributed by atoms with Gasteiger partial charge in [0.15, 0.2) is 0 Å². The molecule has 0 amide bonds. The van der Waals surface area contributed by atoms with E-state index < -0.39 is 0 Å². The van der Waals surface area contributed by atoms with Gasteiger partial charge in [-0.15, -0.1) is 0 Å². The molecule has 0 aliphatic heterocycles. The number of aromatic amines is 1. The Morgan fingerprint density at radius 2 is 2.11 bits per heavy atom. The van der Waals surface area contributed by atoms with Crippen LogP contribution in [0.15, 0.2) is 49.3 Å². The molecule has 2 aromatic heterocycles. The normalized spacial score (nSPS) is 10.5. The summed E-state index contributed by atoms with van der Waals surface area (Å²) in [4.78, 5) is 11.1. The molecule has 0 aliphatic rings. The lowest BCUT2D eigenvalue weighted by atomic mass is 10.2. The number of H-pyrrole nitrogens is 1. The van der Waals surface area contributed by atoms with Crippen LogP contribution in [0.4, 0.5) is 5.69 Å². The number of rotatable bonds is 5. The summed E-state index contributed by atoms with van der Waals surface area (Å²) in [5.74, 6) is 0.923. The number of anilines is 1. The van der Waals surface area contributed by atoms with E-state index in [-0.39, 0.29) is 0 Å². The van der Waals surface area contributed by atoms with Gasteiger partial charge in [-0.2, -0.15) is 5.10 Å². The Hall–Kier alpha value is -2.63. The minimum Gasteiger partial charge on any atom is -0.378 e. The molecule has 0 spiro atoms. The van der Waals surface area contributed by atoms with Crippen molar-refractivity contribution in [3.05, 3.63) is 60.7 Å². The second-order valence-electron chi connectivity index (χ2n) is 4.18. The Kier molecular flexibility index (Phi) is 3.22. The third-order valence-electron chi connectivity index (χ3n) is 2.78. The minimum atomic E-state index is 0.690. The van der Waals surface area contributed by atoms with Crippen molar-refractivity contribution in [1.29, 1.82) is 0 Å². The quantitative estimate of drug-likeness (QED) is 0.726. The first-order valence-electron chi connectivity index (χ1n) is 6.03. The number of aromatic nitrogens is 5. The van der Waals surface area contributed by atoms with Crippen LogP contribution < -0.4 is 5.32 Å². The third-order valence-corrected chi connectivity index (χ3v) is 2.78. The first kappa shape index (κ1) is 11.5. The molecule has 3 rings (SSSR count). The van der Waals surface area contributed by atoms with Crippen LogP contribution in [0.25, 0.3) is 0 Å². The van der Waals surface area contributed by atoms with Crippen LogP contribution in [0.1, 0.15) is 11.4 Å². The molecule has 0 radical (unpaired) electrons. The number of nitrogens with zero attached hydrogens (tertiary/aromatic N) is 4. The largest absolute Gasteiger partial charge is 0.378 e. The van der Waals surface area contributed by atoms with Crippen molar-refractivity contribution in [2.24, 2.45) is 0 Å². The van der Waals surface area contributed by atoms with E-state index in [1.807, 2.05) is 6.20 Å². The number of nitrogens with one attached hydrogen (secondary N) is 2. The van der Waals surface area contributed by atoms with E-state index in [2.05, 4.69) is 49.6 Å². The van der Waals surface area contributed by atoms with E-state index in [1.165, 1.54) is 5.56 Å². The fraction of sp³-hybridized carbons (Fsp3) is 0.154. The van der Waals surface area contributed by atoms with Crippen molar-refractivity contribution in [1.82, 2.24) is 24.7 Å². The highest BCUT2D eigenvalue weighted by atomic mass is 15.3. The maximum Gasteiger partial charge on any atom is 0.137 e. The molecule has 0 saturated carbocycles. The second-order valence-corrected chi connectivity index (χ2v) is 4.18. The lowest BCUT2D eigenvalue weighted by Gasteiger charge is -2.06. The Labute approximate surface area is 110 Å². The molecule has 0 saturated heterocycles. The highest BCUT2D eigenvalue weighted by Gasteiger charge is 1.98. The zero-order valence-corrected chi connectivity index (χ0v) is 10.3. The number of imidazole rings is 1. The summed E-state index contributed by atoms with van der Waals surface area (Å²) < 4.78 is 1.80. The van der Waals surface area contributed by atoms with Crippen LogP contribution in [0.3, 0.4) is 0 Å². The minimum absolute atomic E-state index is 0.690. The van der Waals surface area contributed by atoms with E-state index in [9.17, 15) is 0 Å². The number of hydrogen-bond donors (Lipinski definition) is 2. The Morgan fingerprint density at radius 3 is 2.79 bits per heavy atom. The molecule has 0 atom stereocenters. The molecule has 0 aliphatic carbocycles. The SMILES string of the molecule is c1c[nH]c(CNc2ccc(Cn3cncn3)cc2)n1. The van der Waals surface area contributed by atoms with Crippen LogP contribution in [-0.2, 0) is 13.1 Å². The number of hydrogen-bond acceptors (Lipinski definition) is 4. The monoisotopic (exact) mass is 254 g/mol. The summed E-state index contributed by atoms with van der Waals surface area (Å²) >= 11 is 0. The molecule has 6 heteroatoms. The van der Waals surface area contributed by atoms with Gasteiger partial charge in [-0.3, -0.25) is 0 Å². The van der Waals surface area contributed by atoms with Crippen LogP contribution in [0.2, 0.25) is 0 Å². The highest BCUT2D eigenvalue weighted by molar-refractivity contribution is 5.44. The molecule has 0 bridgehead atoms. The third kappa shape index (κ3) is 2.98. The lowest BCUT2D eigenvalue weighted by molar-refractivity contribution is 0.685. The standard InChI is InChI=1S/C13H14N6/c1-3-12(17-7-13-15-5-6-16-13)4-2-11(1)8-19-10-14-9-18-19/h1-6,9-10,17H,7-8H2,(H,15,16). The Bertz CT molecular complexity index is 597. The summed E-state index contributed by atoms with van der Waals surface area (Å²) in [5.41, 5.74) is 2.26. The zero-order chi connectivity index (χ0) is 12.9. The lowest BCUT2D eigenvalue weighted by Crippen LogP contribution is -2.02. The Balaban J connectivity index is 1.59. The summed E-state index contributed by atoms with van der Waals surface area (Å²) in [6.45, 7) is 1.42. The summed E-state index contributed by atoms with van der Waals surface area (Å²) in [5, 5.41) is 7.39. The highest BCUT2D eigenvalue weighted by Crippen LogP contribution is 2.11. The fourth-order valence-corrected chi connectivity index (χ4v) is 1.81. The molecule has 19 heavy (non-hydrogen) atoms. The molecule has 2 N–H and O–H groups in total. The van der Waals surface area contributed by atoms with Crippen LogP contribution in [0, 0.1) is 0 Å². The maximum atomic E-state index is 4.16. The molecule has 96 valence electrons. The average molecular weight is 254 g/mol. The van der Waals surface area contributed by atoms with Gasteiger partial charge in [-0.25, -0.2) is 14.6 Å². The molecule has 3 aromatic rings. The molecule has 2 heterocycles. The molecular weight excluding hydrogens is 240 g/mol. The van der Waals surface area contributed by atoms with Crippen LogP contribution in [0.5, 0.6) is 0 Å². The van der Waals surface area contributed by atoms with E-state index in [4.69, 9.17) is 0 Å². The first-order valence-corrected chi connectivity index (χ1v) is 6.03. The molecule has 1 aromatic carbocycles. The topological polar surface area (TPSA) is 71.4 Å². The van der Waals surface area contributed by atoms with Crippen LogP contribution in [-0.4, -0.2) is 24.7 Å². The van der Waals surface area contributed by atoms with Crippen molar-refractivity contribution < 1.29 is 0 Å². The molecule has 0 fully saturated rings. The zero-order valence-electron chi connectivity index (χ0n) is 10.3. The van der Waals surface area contributed by atoms with Crippen molar-refractivity contribution in [2.45, 2.75) is 13.1 Å². The van der Waals surface area contributed by atoms with Crippen molar-refractivity contribution in [3.8, 4) is 0 Å². The van der Waals surface area contributed by atoms with Crippen molar-refractivity contribution >= 4 is 5.69 Å². The van der Waals surface area contributed by atoms with Crippen LogP contribution >= 0.6 is 0 Å². The van der Waals surface area contributed by atoms with Gasteiger partial charge in [-0.05, 0) is 17.7 Å². The Morgan fingerprint density at radius 1 is 1.21 bits per heavy atom. The smallest absolute Gasteiger partial charge is 0.137 e. The van der Waals surface area contributed by atoms with E-state index >= 15 is 0 Å². The summed E-state index contributed by atoms with van der Waals surface area (Å²) in [7, 11) is 0. The first-order chi connectivity index (χ1) is 9.40. The van der Waals surface area contributed by atoms with Gasteiger partial charge in [0.1, 0.15) is 18.5 Å². The predicted molar refractivity (Wildman–Crippen MR) is 71.5 cm³/mol. The van der Waals surface area contributed by atoms with E-state index in [1.54, 1.807) is 23.5 Å².